The number of phenolic OH excluding ortho intramolecular Hbond substituents is 1. The Balaban J connectivity index is 0.000000621. The van der Waals surface area contributed by atoms with Gasteiger partial charge in [-0.25, -0.2) is 0 Å². The quantitative estimate of drug-likeness (QED) is 0.168. The van der Waals surface area contributed by atoms with Gasteiger partial charge in [0, 0.05) is 6.61 Å². The number of hydrogen-bond donors (Lipinski definition) is 2. The highest BCUT2D eigenvalue weighted by molar-refractivity contribution is 5.31. The summed E-state index contributed by atoms with van der Waals surface area (Å²) in [6, 6.07) is 7.67. The lowest BCUT2D eigenvalue weighted by molar-refractivity contribution is 0.282. The van der Waals surface area contributed by atoms with Crippen molar-refractivity contribution in [2.75, 3.05) is 6.61 Å². The fourth-order valence-electron chi connectivity index (χ4n) is 4.30. The van der Waals surface area contributed by atoms with Crippen molar-refractivity contribution in [3.63, 3.8) is 0 Å². The second-order valence-corrected chi connectivity index (χ2v) is 9.82. The summed E-state index contributed by atoms with van der Waals surface area (Å²) in [5, 5.41) is 18.2. The van der Waals surface area contributed by atoms with Crippen molar-refractivity contribution in [1.29, 1.82) is 0 Å². The van der Waals surface area contributed by atoms with Crippen molar-refractivity contribution in [2.24, 2.45) is 0 Å². The zero-order valence-corrected chi connectivity index (χ0v) is 22.5. The van der Waals surface area contributed by atoms with Crippen LogP contribution in [0.5, 0.6) is 5.75 Å². The summed E-state index contributed by atoms with van der Waals surface area (Å²) in [4.78, 5) is 0. The van der Waals surface area contributed by atoms with Crippen molar-refractivity contribution in [3.05, 3.63) is 29.8 Å². The Morgan fingerprint density at radius 3 is 1.24 bits per heavy atom. The minimum atomic E-state index is 0.373. The monoisotopic (exact) mass is 462 g/mol. The van der Waals surface area contributed by atoms with Gasteiger partial charge in [-0.15, -0.1) is 0 Å². The Labute approximate surface area is 207 Å². The fourth-order valence-corrected chi connectivity index (χ4v) is 4.30. The van der Waals surface area contributed by atoms with E-state index in [1.54, 1.807) is 6.07 Å². The van der Waals surface area contributed by atoms with Gasteiger partial charge < -0.3 is 10.2 Å². The average Bonchev–Trinajstić information content (AvgIpc) is 2.83. The van der Waals surface area contributed by atoms with E-state index < -0.39 is 0 Å². The summed E-state index contributed by atoms with van der Waals surface area (Å²) >= 11 is 0. The zero-order valence-electron chi connectivity index (χ0n) is 22.5. The number of aliphatic hydroxyl groups is 1. The van der Waals surface area contributed by atoms with Gasteiger partial charge in [-0.2, -0.15) is 0 Å². The molecule has 0 bridgehead atoms. The SMILES string of the molecule is CCCCCCCCCCCCCCCCO.CCCCCCCCCc1ccccc1O. The Hall–Kier alpha value is -1.02. The van der Waals surface area contributed by atoms with E-state index in [0.717, 1.165) is 18.4 Å². The first-order valence-corrected chi connectivity index (χ1v) is 14.6. The normalized spacial score (nSPS) is 10.8. The third-order valence-electron chi connectivity index (χ3n) is 6.55. The van der Waals surface area contributed by atoms with Crippen molar-refractivity contribution in [1.82, 2.24) is 0 Å². The van der Waals surface area contributed by atoms with E-state index in [2.05, 4.69) is 13.8 Å². The van der Waals surface area contributed by atoms with E-state index in [-0.39, 0.29) is 0 Å². The third kappa shape index (κ3) is 23.9. The molecule has 2 N–H and O–H groups in total. The van der Waals surface area contributed by atoms with E-state index in [4.69, 9.17) is 5.11 Å². The van der Waals surface area contributed by atoms with Crippen LogP contribution in [0.2, 0.25) is 0 Å². The molecule has 0 saturated heterocycles. The lowest BCUT2D eigenvalue weighted by Gasteiger charge is -2.04. The maximum absolute atomic E-state index is 9.58. The van der Waals surface area contributed by atoms with Gasteiger partial charge >= 0.3 is 0 Å². The molecule has 0 unspecified atom stereocenters. The van der Waals surface area contributed by atoms with Crippen LogP contribution in [0.1, 0.15) is 154 Å². The molecule has 0 aliphatic heterocycles. The second kappa shape index (κ2) is 27.2. The van der Waals surface area contributed by atoms with Crippen molar-refractivity contribution < 1.29 is 10.2 Å². The van der Waals surface area contributed by atoms with Crippen LogP contribution in [0.3, 0.4) is 0 Å². The van der Waals surface area contributed by atoms with Crippen LogP contribution in [-0.4, -0.2) is 16.8 Å². The zero-order chi connectivity index (χ0) is 24.2. The first-order valence-electron chi connectivity index (χ1n) is 14.6. The average molecular weight is 463 g/mol. The highest BCUT2D eigenvalue weighted by Gasteiger charge is 1.99. The smallest absolute Gasteiger partial charge is 0.118 e. The first kappa shape index (κ1) is 32.0. The number of aromatic hydroxyl groups is 1. The number of benzene rings is 1. The molecule has 2 heteroatoms. The van der Waals surface area contributed by atoms with E-state index in [1.165, 1.54) is 128 Å². The van der Waals surface area contributed by atoms with Gasteiger partial charge in [-0.1, -0.05) is 154 Å². The first-order chi connectivity index (χ1) is 16.3. The van der Waals surface area contributed by atoms with Crippen LogP contribution in [-0.2, 0) is 6.42 Å². The van der Waals surface area contributed by atoms with Crippen molar-refractivity contribution in [3.8, 4) is 5.75 Å². The highest BCUT2D eigenvalue weighted by Crippen LogP contribution is 2.19. The molecule has 0 atom stereocenters. The topological polar surface area (TPSA) is 40.5 Å². The van der Waals surface area contributed by atoms with Crippen molar-refractivity contribution in [2.45, 2.75) is 155 Å². The lowest BCUT2D eigenvalue weighted by atomic mass is 10.0. The Kier molecular flexibility index (Phi) is 26.4. The van der Waals surface area contributed by atoms with Gasteiger partial charge in [0.05, 0.1) is 0 Å². The van der Waals surface area contributed by atoms with Crippen LogP contribution < -0.4 is 0 Å². The Morgan fingerprint density at radius 2 is 0.848 bits per heavy atom. The third-order valence-corrected chi connectivity index (χ3v) is 6.55. The molecule has 0 aromatic heterocycles. The number of rotatable bonds is 22. The number of para-hydroxylation sites is 1. The molecule has 0 aliphatic carbocycles. The summed E-state index contributed by atoms with van der Waals surface area (Å²) in [7, 11) is 0. The summed E-state index contributed by atoms with van der Waals surface area (Å²) in [6.45, 7) is 4.90. The van der Waals surface area contributed by atoms with Gasteiger partial charge in [0.2, 0.25) is 0 Å². The van der Waals surface area contributed by atoms with Crippen molar-refractivity contribution >= 4 is 0 Å². The number of aliphatic hydroxyl groups excluding tert-OH is 1. The van der Waals surface area contributed by atoms with E-state index in [9.17, 15) is 5.11 Å². The summed E-state index contributed by atoms with van der Waals surface area (Å²) in [6.07, 6.45) is 29.5. The summed E-state index contributed by atoms with van der Waals surface area (Å²) in [5.74, 6) is 0.452. The van der Waals surface area contributed by atoms with E-state index in [0.29, 0.717) is 12.4 Å². The van der Waals surface area contributed by atoms with Gasteiger partial charge in [0.15, 0.2) is 0 Å². The van der Waals surface area contributed by atoms with Gasteiger partial charge in [0.1, 0.15) is 5.75 Å². The van der Waals surface area contributed by atoms with Gasteiger partial charge in [-0.3, -0.25) is 0 Å². The molecule has 0 heterocycles. The molecule has 0 aliphatic rings. The second-order valence-electron chi connectivity index (χ2n) is 9.82. The van der Waals surface area contributed by atoms with Crippen LogP contribution in [0.4, 0.5) is 0 Å². The molecular weight excluding hydrogens is 404 g/mol. The molecule has 2 nitrogen and oxygen atoms in total. The molecule has 0 fully saturated rings. The highest BCUT2D eigenvalue weighted by atomic mass is 16.3. The van der Waals surface area contributed by atoms with Gasteiger partial charge in [-0.05, 0) is 30.9 Å². The molecule has 1 aromatic rings. The predicted octanol–water partition coefficient (Wildman–Crippen LogP) is 10.1. The molecule has 1 rings (SSSR count). The molecule has 1 aromatic carbocycles. The fraction of sp³-hybridized carbons (Fsp3) is 0.806. The minimum absolute atomic E-state index is 0.373. The number of phenols is 1. The Morgan fingerprint density at radius 1 is 0.485 bits per heavy atom. The molecular formula is C31H58O2. The molecule has 0 spiro atoms. The summed E-state index contributed by atoms with van der Waals surface area (Å²) in [5.41, 5.74) is 1.09. The minimum Gasteiger partial charge on any atom is -0.508 e. The van der Waals surface area contributed by atoms with E-state index >= 15 is 0 Å². The van der Waals surface area contributed by atoms with Crippen LogP contribution in [0, 0.1) is 0 Å². The van der Waals surface area contributed by atoms with E-state index in [1.807, 2.05) is 18.2 Å². The van der Waals surface area contributed by atoms with Gasteiger partial charge in [0.25, 0.3) is 0 Å². The number of aryl methyl sites for hydroxylation is 1. The summed E-state index contributed by atoms with van der Waals surface area (Å²) < 4.78 is 0. The lowest BCUT2D eigenvalue weighted by Crippen LogP contribution is -1.87. The number of unbranched alkanes of at least 4 members (excludes halogenated alkanes) is 19. The standard InChI is InChI=1S/C16H34O.C15H24O/c1-2-3-4-5-6-7-8-9-10-11-12-13-14-15-16-17;1-2-3-4-5-6-7-8-11-14-12-9-10-13-15(14)16/h17H,2-16H2,1H3;9-10,12-13,16H,2-8,11H2,1H3. The van der Waals surface area contributed by atoms with Crippen LogP contribution in [0.15, 0.2) is 24.3 Å². The molecule has 0 radical (unpaired) electrons. The molecule has 194 valence electrons. The molecule has 0 saturated carbocycles. The Bertz CT molecular complexity index is 472. The number of hydrogen-bond acceptors (Lipinski definition) is 2. The van der Waals surface area contributed by atoms with Crippen LogP contribution in [0.25, 0.3) is 0 Å². The largest absolute Gasteiger partial charge is 0.508 e. The van der Waals surface area contributed by atoms with Crippen LogP contribution >= 0.6 is 0 Å². The maximum atomic E-state index is 9.58. The maximum Gasteiger partial charge on any atom is 0.118 e. The molecule has 33 heavy (non-hydrogen) atoms. The predicted molar refractivity (Wildman–Crippen MR) is 147 cm³/mol. The molecule has 0 amide bonds.